The van der Waals surface area contributed by atoms with Gasteiger partial charge in [-0.25, -0.2) is 4.79 Å². The summed E-state index contributed by atoms with van der Waals surface area (Å²) in [5.74, 6) is -0.761. The summed E-state index contributed by atoms with van der Waals surface area (Å²) in [6, 6.07) is 4.88. The molecule has 1 aromatic rings. The number of nitrogen functional groups attached to an aromatic ring is 1. The van der Waals surface area contributed by atoms with E-state index in [1.54, 1.807) is 25.1 Å². The smallest absolute Gasteiger partial charge is 0.338 e. The SMILES string of the molecule is CCOC(=O)c1cccc(N)c1CC(=O)CCl. The van der Waals surface area contributed by atoms with E-state index in [1.165, 1.54) is 0 Å². The number of ether oxygens (including phenoxy) is 1. The highest BCUT2D eigenvalue weighted by atomic mass is 35.5. The highest BCUT2D eigenvalue weighted by Crippen LogP contribution is 2.19. The fourth-order valence-corrected chi connectivity index (χ4v) is 1.54. The summed E-state index contributed by atoms with van der Waals surface area (Å²) >= 11 is 5.44. The Morgan fingerprint density at radius 3 is 2.71 bits per heavy atom. The standard InChI is InChI=1S/C12H14ClNO3/c1-2-17-12(16)9-4-3-5-11(14)10(9)6-8(15)7-13/h3-5H,2,6-7,14H2,1H3. The normalized spacial score (nSPS) is 10.0. The van der Waals surface area contributed by atoms with Crippen LogP contribution in [0.1, 0.15) is 22.8 Å². The lowest BCUT2D eigenvalue weighted by molar-refractivity contribution is -0.116. The number of hydrogen-bond donors (Lipinski definition) is 1. The molecule has 0 spiro atoms. The van der Waals surface area contributed by atoms with E-state index in [2.05, 4.69) is 0 Å². The van der Waals surface area contributed by atoms with E-state index in [4.69, 9.17) is 22.1 Å². The third kappa shape index (κ3) is 3.46. The Hall–Kier alpha value is -1.55. The first-order chi connectivity index (χ1) is 8.10. The quantitative estimate of drug-likeness (QED) is 0.495. The van der Waals surface area contributed by atoms with Gasteiger partial charge < -0.3 is 10.5 Å². The van der Waals surface area contributed by atoms with Crippen molar-refractivity contribution in [1.82, 2.24) is 0 Å². The summed E-state index contributed by atoms with van der Waals surface area (Å²) < 4.78 is 4.90. The van der Waals surface area contributed by atoms with E-state index < -0.39 is 5.97 Å². The number of carbonyl (C=O) groups excluding carboxylic acids is 2. The number of benzene rings is 1. The molecule has 0 unspecified atom stereocenters. The third-order valence-electron chi connectivity index (χ3n) is 2.23. The molecule has 0 aliphatic rings. The van der Waals surface area contributed by atoms with Gasteiger partial charge in [-0.3, -0.25) is 4.79 Å². The van der Waals surface area contributed by atoms with Crippen LogP contribution in [0, 0.1) is 0 Å². The van der Waals surface area contributed by atoms with Crippen molar-refractivity contribution in [2.75, 3.05) is 18.2 Å². The molecule has 0 amide bonds. The maximum Gasteiger partial charge on any atom is 0.338 e. The number of carbonyl (C=O) groups is 2. The van der Waals surface area contributed by atoms with Gasteiger partial charge in [0.15, 0.2) is 5.78 Å². The molecule has 0 aliphatic heterocycles. The van der Waals surface area contributed by atoms with Crippen LogP contribution in [-0.4, -0.2) is 24.2 Å². The molecule has 1 rings (SSSR count). The molecule has 4 nitrogen and oxygen atoms in total. The van der Waals surface area contributed by atoms with Crippen LogP contribution >= 0.6 is 11.6 Å². The number of rotatable bonds is 5. The van der Waals surface area contributed by atoms with Gasteiger partial charge in [0.25, 0.3) is 0 Å². The fourth-order valence-electron chi connectivity index (χ4n) is 1.45. The molecule has 2 N–H and O–H groups in total. The summed E-state index contributed by atoms with van der Waals surface area (Å²) in [4.78, 5) is 23.0. The molecule has 0 saturated heterocycles. The Morgan fingerprint density at radius 1 is 1.41 bits per heavy atom. The number of ketones is 1. The first-order valence-corrected chi connectivity index (χ1v) is 5.75. The lowest BCUT2D eigenvalue weighted by Crippen LogP contribution is -2.14. The van der Waals surface area contributed by atoms with Gasteiger partial charge in [0.05, 0.1) is 18.1 Å². The van der Waals surface area contributed by atoms with Crippen molar-refractivity contribution in [2.45, 2.75) is 13.3 Å². The minimum Gasteiger partial charge on any atom is -0.462 e. The summed E-state index contributed by atoms with van der Waals surface area (Å²) in [5, 5.41) is 0. The van der Waals surface area contributed by atoms with Gasteiger partial charge in [-0.1, -0.05) is 6.07 Å². The second-order valence-electron chi connectivity index (χ2n) is 3.44. The first kappa shape index (κ1) is 13.5. The molecule has 5 heteroatoms. The maximum atomic E-state index is 11.7. The summed E-state index contributed by atoms with van der Waals surface area (Å²) in [6.07, 6.45) is 0.0460. The molecular formula is C12H14ClNO3. The number of Topliss-reactive ketones (excluding diaryl/α,β-unsaturated/α-hetero) is 1. The number of esters is 1. The lowest BCUT2D eigenvalue weighted by Gasteiger charge is -2.10. The molecule has 0 atom stereocenters. The van der Waals surface area contributed by atoms with E-state index in [0.29, 0.717) is 16.8 Å². The molecule has 0 saturated carbocycles. The highest BCUT2D eigenvalue weighted by molar-refractivity contribution is 6.27. The number of alkyl halides is 1. The Bertz CT molecular complexity index is 432. The molecule has 1 aromatic carbocycles. The molecule has 0 aromatic heterocycles. The van der Waals surface area contributed by atoms with Crippen molar-refractivity contribution < 1.29 is 14.3 Å². The zero-order valence-electron chi connectivity index (χ0n) is 9.53. The minimum atomic E-state index is -0.475. The molecule has 0 radical (unpaired) electrons. The van der Waals surface area contributed by atoms with Crippen molar-refractivity contribution in [3.8, 4) is 0 Å². The highest BCUT2D eigenvalue weighted by Gasteiger charge is 2.16. The van der Waals surface area contributed by atoms with Crippen LogP contribution in [0.2, 0.25) is 0 Å². The van der Waals surface area contributed by atoms with Gasteiger partial charge in [-0.05, 0) is 24.6 Å². The average Bonchev–Trinajstić information content (AvgIpc) is 2.31. The molecule has 17 heavy (non-hydrogen) atoms. The van der Waals surface area contributed by atoms with E-state index in [0.717, 1.165) is 0 Å². The Morgan fingerprint density at radius 2 is 2.12 bits per heavy atom. The van der Waals surface area contributed by atoms with Gasteiger partial charge >= 0.3 is 5.97 Å². The monoisotopic (exact) mass is 255 g/mol. The Balaban J connectivity index is 3.08. The van der Waals surface area contributed by atoms with Gasteiger partial charge in [0, 0.05) is 12.1 Å². The number of halogens is 1. The van der Waals surface area contributed by atoms with Gasteiger partial charge in [0.2, 0.25) is 0 Å². The Kier molecular flexibility index (Phi) is 4.97. The van der Waals surface area contributed by atoms with Crippen LogP contribution in [0.5, 0.6) is 0 Å². The number of hydrogen-bond acceptors (Lipinski definition) is 4. The van der Waals surface area contributed by atoms with Crippen LogP contribution in [0.4, 0.5) is 5.69 Å². The van der Waals surface area contributed by atoms with Gasteiger partial charge in [-0.2, -0.15) is 0 Å². The average molecular weight is 256 g/mol. The van der Waals surface area contributed by atoms with Crippen LogP contribution in [0.15, 0.2) is 18.2 Å². The molecule has 0 aliphatic carbocycles. The van der Waals surface area contributed by atoms with E-state index in [1.807, 2.05) is 0 Å². The van der Waals surface area contributed by atoms with E-state index in [-0.39, 0.29) is 24.7 Å². The molecular weight excluding hydrogens is 242 g/mol. The summed E-state index contributed by atoms with van der Waals surface area (Å²) in [7, 11) is 0. The topological polar surface area (TPSA) is 69.4 Å². The predicted molar refractivity (Wildman–Crippen MR) is 66.2 cm³/mol. The van der Waals surface area contributed by atoms with Crippen molar-refractivity contribution in [3.05, 3.63) is 29.3 Å². The van der Waals surface area contributed by atoms with Crippen LogP contribution < -0.4 is 5.73 Å². The first-order valence-electron chi connectivity index (χ1n) is 5.22. The summed E-state index contributed by atoms with van der Waals surface area (Å²) in [6.45, 7) is 1.99. The summed E-state index contributed by atoms with van der Waals surface area (Å²) in [5.41, 5.74) is 6.96. The van der Waals surface area contributed by atoms with Crippen molar-refractivity contribution in [1.29, 1.82) is 0 Å². The van der Waals surface area contributed by atoms with Crippen LogP contribution in [-0.2, 0) is 16.0 Å². The zero-order valence-corrected chi connectivity index (χ0v) is 10.3. The van der Waals surface area contributed by atoms with E-state index in [9.17, 15) is 9.59 Å². The zero-order chi connectivity index (χ0) is 12.8. The predicted octanol–water partition coefficient (Wildman–Crippen LogP) is 1.80. The number of anilines is 1. The number of nitrogens with two attached hydrogens (primary N) is 1. The largest absolute Gasteiger partial charge is 0.462 e. The molecule has 0 fully saturated rings. The molecule has 92 valence electrons. The fraction of sp³-hybridized carbons (Fsp3) is 0.333. The van der Waals surface area contributed by atoms with Gasteiger partial charge in [-0.15, -0.1) is 11.6 Å². The maximum absolute atomic E-state index is 11.7. The third-order valence-corrected chi connectivity index (χ3v) is 2.53. The Labute approximate surface area is 105 Å². The molecule has 0 bridgehead atoms. The van der Waals surface area contributed by atoms with Crippen molar-refractivity contribution in [3.63, 3.8) is 0 Å². The van der Waals surface area contributed by atoms with Crippen molar-refractivity contribution >= 4 is 29.0 Å². The minimum absolute atomic E-state index is 0.0460. The van der Waals surface area contributed by atoms with Gasteiger partial charge in [0.1, 0.15) is 0 Å². The van der Waals surface area contributed by atoms with Crippen LogP contribution in [0.3, 0.4) is 0 Å². The second kappa shape index (κ2) is 6.25. The van der Waals surface area contributed by atoms with Crippen LogP contribution in [0.25, 0.3) is 0 Å². The molecule has 0 heterocycles. The second-order valence-corrected chi connectivity index (χ2v) is 3.71. The lowest BCUT2D eigenvalue weighted by atomic mass is 10.0. The van der Waals surface area contributed by atoms with Crippen molar-refractivity contribution in [2.24, 2.45) is 0 Å². The van der Waals surface area contributed by atoms with E-state index >= 15 is 0 Å².